The van der Waals surface area contributed by atoms with Gasteiger partial charge < -0.3 is 5.32 Å². The molecular formula is C14H16ClNS. The van der Waals surface area contributed by atoms with E-state index >= 15 is 0 Å². The van der Waals surface area contributed by atoms with Crippen LogP contribution in [0.15, 0.2) is 41.1 Å². The molecule has 0 aliphatic carbocycles. The van der Waals surface area contributed by atoms with E-state index in [-0.39, 0.29) is 17.9 Å². The average molecular weight is 266 g/mol. The van der Waals surface area contributed by atoms with E-state index in [1.54, 1.807) is 11.3 Å². The Labute approximate surface area is 112 Å². The zero-order chi connectivity index (χ0) is 11.0. The third-order valence-electron chi connectivity index (χ3n) is 3.53. The summed E-state index contributed by atoms with van der Waals surface area (Å²) < 4.78 is 0. The summed E-state index contributed by atoms with van der Waals surface area (Å²) in [5.74, 6) is 0. The molecule has 0 radical (unpaired) electrons. The van der Waals surface area contributed by atoms with Crippen molar-refractivity contribution in [2.24, 2.45) is 0 Å². The largest absolute Gasteiger partial charge is 0.304 e. The maximum absolute atomic E-state index is 3.66. The highest BCUT2D eigenvalue weighted by Crippen LogP contribution is 2.35. The molecule has 1 unspecified atom stereocenters. The molecule has 1 nitrogen and oxygen atoms in total. The molecule has 1 aliphatic rings. The van der Waals surface area contributed by atoms with Crippen LogP contribution in [-0.4, -0.2) is 6.54 Å². The molecule has 0 saturated carbocycles. The third-order valence-corrected chi connectivity index (χ3v) is 4.21. The molecule has 1 aromatic carbocycles. The van der Waals surface area contributed by atoms with E-state index in [1.165, 1.54) is 16.7 Å². The van der Waals surface area contributed by atoms with Gasteiger partial charge in [0.05, 0.1) is 5.54 Å². The van der Waals surface area contributed by atoms with Crippen molar-refractivity contribution in [3.63, 3.8) is 0 Å². The van der Waals surface area contributed by atoms with Gasteiger partial charge in [0.1, 0.15) is 0 Å². The van der Waals surface area contributed by atoms with Crippen molar-refractivity contribution in [3.8, 4) is 0 Å². The fourth-order valence-electron chi connectivity index (χ4n) is 2.58. The summed E-state index contributed by atoms with van der Waals surface area (Å²) in [6.45, 7) is 3.34. The third kappa shape index (κ3) is 2.01. The van der Waals surface area contributed by atoms with Crippen molar-refractivity contribution >= 4 is 23.7 Å². The van der Waals surface area contributed by atoms with E-state index in [4.69, 9.17) is 0 Å². The minimum absolute atomic E-state index is 0. The van der Waals surface area contributed by atoms with Crippen molar-refractivity contribution in [2.45, 2.75) is 18.9 Å². The van der Waals surface area contributed by atoms with Gasteiger partial charge in [-0.05, 0) is 46.9 Å². The number of benzene rings is 1. The van der Waals surface area contributed by atoms with Gasteiger partial charge in [0.15, 0.2) is 0 Å². The Morgan fingerprint density at radius 2 is 2.06 bits per heavy atom. The maximum atomic E-state index is 3.66. The van der Waals surface area contributed by atoms with Crippen molar-refractivity contribution < 1.29 is 0 Å². The van der Waals surface area contributed by atoms with Gasteiger partial charge >= 0.3 is 0 Å². The fraction of sp³-hybridized carbons (Fsp3) is 0.286. The Morgan fingerprint density at radius 1 is 1.24 bits per heavy atom. The Hall–Kier alpha value is -0.830. The second kappa shape index (κ2) is 4.81. The lowest BCUT2D eigenvalue weighted by molar-refractivity contribution is 0.416. The standard InChI is InChI=1S/C14H15NS.ClH/c1-14(12-7-9-16-10-12)13-5-3-2-4-11(13)6-8-15-14;/h2-5,7,9-10,15H,6,8H2,1H3;1H. The molecule has 2 heterocycles. The van der Waals surface area contributed by atoms with E-state index in [9.17, 15) is 0 Å². The van der Waals surface area contributed by atoms with Crippen LogP contribution >= 0.6 is 23.7 Å². The zero-order valence-corrected chi connectivity index (χ0v) is 11.4. The van der Waals surface area contributed by atoms with Crippen LogP contribution in [0.4, 0.5) is 0 Å². The predicted molar refractivity (Wildman–Crippen MR) is 76.2 cm³/mol. The second-order valence-electron chi connectivity index (χ2n) is 4.47. The number of rotatable bonds is 1. The van der Waals surface area contributed by atoms with Crippen LogP contribution in [0.2, 0.25) is 0 Å². The SMILES string of the molecule is CC1(c2ccsc2)NCCc2ccccc21.Cl. The molecule has 0 saturated heterocycles. The molecule has 1 N–H and O–H groups in total. The van der Waals surface area contributed by atoms with E-state index in [0.717, 1.165) is 13.0 Å². The van der Waals surface area contributed by atoms with Crippen LogP contribution in [-0.2, 0) is 12.0 Å². The highest BCUT2D eigenvalue weighted by Gasteiger charge is 2.33. The molecule has 2 aromatic rings. The molecule has 0 spiro atoms. The van der Waals surface area contributed by atoms with Gasteiger partial charge in [-0.2, -0.15) is 11.3 Å². The summed E-state index contributed by atoms with van der Waals surface area (Å²) in [6, 6.07) is 11.0. The van der Waals surface area contributed by atoms with Crippen molar-refractivity contribution in [1.82, 2.24) is 5.32 Å². The van der Waals surface area contributed by atoms with Gasteiger partial charge in [0, 0.05) is 6.54 Å². The first kappa shape index (κ1) is 12.6. The van der Waals surface area contributed by atoms with E-state index in [2.05, 4.69) is 53.3 Å². The molecule has 90 valence electrons. The number of nitrogens with one attached hydrogen (secondary N) is 1. The number of thiophene rings is 1. The monoisotopic (exact) mass is 265 g/mol. The molecule has 0 fully saturated rings. The van der Waals surface area contributed by atoms with Gasteiger partial charge in [-0.3, -0.25) is 0 Å². The van der Waals surface area contributed by atoms with Crippen molar-refractivity contribution in [1.29, 1.82) is 0 Å². The minimum Gasteiger partial charge on any atom is -0.304 e. The fourth-order valence-corrected chi connectivity index (χ4v) is 3.34. The first-order valence-electron chi connectivity index (χ1n) is 5.67. The molecule has 0 amide bonds. The van der Waals surface area contributed by atoms with Gasteiger partial charge in [-0.1, -0.05) is 24.3 Å². The Kier molecular flexibility index (Phi) is 3.57. The van der Waals surface area contributed by atoms with Gasteiger partial charge in [-0.25, -0.2) is 0 Å². The topological polar surface area (TPSA) is 12.0 Å². The Morgan fingerprint density at radius 3 is 2.82 bits per heavy atom. The van der Waals surface area contributed by atoms with Crippen LogP contribution in [0.1, 0.15) is 23.6 Å². The molecule has 3 heteroatoms. The average Bonchev–Trinajstić information content (AvgIpc) is 2.84. The normalized spacial score (nSPS) is 22.6. The Balaban J connectivity index is 0.00000108. The summed E-state index contributed by atoms with van der Waals surface area (Å²) in [7, 11) is 0. The van der Waals surface area contributed by atoms with Crippen LogP contribution < -0.4 is 5.32 Å². The molecule has 0 bridgehead atoms. The second-order valence-corrected chi connectivity index (χ2v) is 5.25. The van der Waals surface area contributed by atoms with E-state index in [1.807, 2.05) is 0 Å². The zero-order valence-electron chi connectivity index (χ0n) is 9.77. The molecule has 3 rings (SSSR count). The number of fused-ring (bicyclic) bond motifs is 1. The summed E-state index contributed by atoms with van der Waals surface area (Å²) >= 11 is 1.77. The molecule has 1 atom stereocenters. The summed E-state index contributed by atoms with van der Waals surface area (Å²) in [5.41, 5.74) is 4.29. The lowest BCUT2D eigenvalue weighted by atomic mass is 9.80. The lowest BCUT2D eigenvalue weighted by Crippen LogP contribution is -2.45. The summed E-state index contributed by atoms with van der Waals surface area (Å²) in [5, 5.41) is 8.06. The number of hydrogen-bond acceptors (Lipinski definition) is 2. The summed E-state index contributed by atoms with van der Waals surface area (Å²) in [6.07, 6.45) is 1.13. The molecule has 17 heavy (non-hydrogen) atoms. The number of halogens is 1. The van der Waals surface area contributed by atoms with Crippen LogP contribution in [0.5, 0.6) is 0 Å². The number of hydrogen-bond donors (Lipinski definition) is 1. The highest BCUT2D eigenvalue weighted by atomic mass is 35.5. The first-order chi connectivity index (χ1) is 7.81. The van der Waals surface area contributed by atoms with Crippen LogP contribution in [0.25, 0.3) is 0 Å². The van der Waals surface area contributed by atoms with Crippen molar-refractivity contribution in [2.75, 3.05) is 6.54 Å². The predicted octanol–water partition coefficient (Wildman–Crippen LogP) is 3.58. The first-order valence-corrected chi connectivity index (χ1v) is 6.61. The van der Waals surface area contributed by atoms with Crippen molar-refractivity contribution in [3.05, 3.63) is 57.8 Å². The minimum atomic E-state index is -0.00512. The molecule has 1 aliphatic heterocycles. The molecule has 1 aromatic heterocycles. The van der Waals surface area contributed by atoms with Crippen LogP contribution in [0, 0.1) is 0 Å². The van der Waals surface area contributed by atoms with Gasteiger partial charge in [0.2, 0.25) is 0 Å². The van der Waals surface area contributed by atoms with Gasteiger partial charge in [0.25, 0.3) is 0 Å². The molecular weight excluding hydrogens is 250 g/mol. The van der Waals surface area contributed by atoms with Gasteiger partial charge in [-0.15, -0.1) is 12.4 Å². The quantitative estimate of drug-likeness (QED) is 0.831. The maximum Gasteiger partial charge on any atom is 0.0672 e. The highest BCUT2D eigenvalue weighted by molar-refractivity contribution is 7.08. The smallest absolute Gasteiger partial charge is 0.0672 e. The lowest BCUT2D eigenvalue weighted by Gasteiger charge is -2.37. The Bertz CT molecular complexity index is 495. The van der Waals surface area contributed by atoms with Crippen LogP contribution in [0.3, 0.4) is 0 Å². The van der Waals surface area contributed by atoms with E-state index < -0.39 is 0 Å². The van der Waals surface area contributed by atoms with E-state index in [0.29, 0.717) is 0 Å². The summed E-state index contributed by atoms with van der Waals surface area (Å²) in [4.78, 5) is 0.